The van der Waals surface area contributed by atoms with Crippen molar-refractivity contribution >= 4 is 40.7 Å². The lowest BCUT2D eigenvalue weighted by molar-refractivity contribution is -0.126. The molecule has 26 heavy (non-hydrogen) atoms. The first-order valence-corrected chi connectivity index (χ1v) is 8.90. The summed E-state index contributed by atoms with van der Waals surface area (Å²) in [5.74, 6) is 0.133. The number of hydrogen-bond donors (Lipinski definition) is 1. The van der Waals surface area contributed by atoms with Gasteiger partial charge in [0.25, 0.3) is 5.91 Å². The first-order valence-electron chi connectivity index (χ1n) is 8.14. The van der Waals surface area contributed by atoms with E-state index in [0.717, 1.165) is 11.3 Å². The van der Waals surface area contributed by atoms with E-state index >= 15 is 0 Å². The highest BCUT2D eigenvalue weighted by atomic mass is 35.5. The highest BCUT2D eigenvalue weighted by molar-refractivity contribution is 6.38. The Bertz CT molecular complexity index is 870. The first kappa shape index (κ1) is 18.5. The SMILES string of the molecule is CC(=O)N[C@H]1C(=O)N(CCOc2cccc(C)c2)c2c(Cl)ccc(Cl)c21. The predicted molar refractivity (Wildman–Crippen MR) is 102 cm³/mol. The zero-order valence-corrected chi connectivity index (χ0v) is 15.9. The van der Waals surface area contributed by atoms with Crippen LogP contribution in [0.4, 0.5) is 5.69 Å². The standard InChI is InChI=1S/C19H18Cl2N2O3/c1-11-4-3-5-13(10-11)26-9-8-23-18-15(21)7-6-14(20)16(18)17(19(23)25)22-12(2)24/h3-7,10,17H,8-9H2,1-2H3,(H,22,24)/t17-/m1/s1. The van der Waals surface area contributed by atoms with Gasteiger partial charge in [-0.05, 0) is 36.8 Å². The summed E-state index contributed by atoms with van der Waals surface area (Å²) in [6.45, 7) is 3.90. The minimum atomic E-state index is -0.840. The van der Waals surface area contributed by atoms with Crippen molar-refractivity contribution in [3.8, 4) is 5.75 Å². The van der Waals surface area contributed by atoms with E-state index in [1.807, 2.05) is 31.2 Å². The molecule has 0 aromatic heterocycles. The average Bonchev–Trinajstić information content (AvgIpc) is 2.85. The average molecular weight is 393 g/mol. The van der Waals surface area contributed by atoms with Gasteiger partial charge in [-0.3, -0.25) is 9.59 Å². The Morgan fingerprint density at radius 1 is 1.23 bits per heavy atom. The molecular formula is C19H18Cl2N2O3. The monoisotopic (exact) mass is 392 g/mol. The lowest BCUT2D eigenvalue weighted by Gasteiger charge is -2.19. The van der Waals surface area contributed by atoms with E-state index in [1.54, 1.807) is 12.1 Å². The van der Waals surface area contributed by atoms with Crippen molar-refractivity contribution in [2.24, 2.45) is 0 Å². The van der Waals surface area contributed by atoms with E-state index in [9.17, 15) is 9.59 Å². The molecule has 0 radical (unpaired) electrons. The van der Waals surface area contributed by atoms with Crippen LogP contribution in [-0.4, -0.2) is 25.0 Å². The van der Waals surface area contributed by atoms with E-state index in [4.69, 9.17) is 27.9 Å². The molecule has 5 nitrogen and oxygen atoms in total. The fourth-order valence-electron chi connectivity index (χ4n) is 3.01. The maximum absolute atomic E-state index is 12.8. The third-order valence-corrected chi connectivity index (χ3v) is 4.74. The van der Waals surface area contributed by atoms with Crippen LogP contribution in [0.15, 0.2) is 36.4 Å². The van der Waals surface area contributed by atoms with Gasteiger partial charge in [-0.2, -0.15) is 0 Å². The zero-order valence-electron chi connectivity index (χ0n) is 14.4. The second-order valence-corrected chi connectivity index (χ2v) is 6.89. The Kier molecular flexibility index (Phi) is 5.39. The lowest BCUT2D eigenvalue weighted by atomic mass is 10.1. The Labute approximate surface area is 161 Å². The van der Waals surface area contributed by atoms with Gasteiger partial charge in [0.2, 0.25) is 5.91 Å². The van der Waals surface area contributed by atoms with Crippen LogP contribution in [-0.2, 0) is 9.59 Å². The molecule has 0 bridgehead atoms. The normalized spacial score (nSPS) is 15.8. The topological polar surface area (TPSA) is 58.6 Å². The molecule has 1 heterocycles. The third kappa shape index (κ3) is 3.64. The summed E-state index contributed by atoms with van der Waals surface area (Å²) < 4.78 is 5.74. The highest BCUT2D eigenvalue weighted by Gasteiger charge is 2.40. The number of amides is 2. The van der Waals surface area contributed by atoms with Crippen molar-refractivity contribution in [2.75, 3.05) is 18.1 Å². The number of aryl methyl sites for hydroxylation is 1. The van der Waals surface area contributed by atoms with Crippen molar-refractivity contribution < 1.29 is 14.3 Å². The molecule has 0 fully saturated rings. The molecule has 1 atom stereocenters. The van der Waals surface area contributed by atoms with Crippen LogP contribution in [0.5, 0.6) is 5.75 Å². The molecule has 2 aromatic rings. The molecule has 2 aromatic carbocycles. The maximum atomic E-state index is 12.8. The van der Waals surface area contributed by atoms with E-state index in [2.05, 4.69) is 5.32 Å². The van der Waals surface area contributed by atoms with E-state index < -0.39 is 6.04 Å². The number of benzene rings is 2. The minimum Gasteiger partial charge on any atom is -0.492 e. The van der Waals surface area contributed by atoms with Crippen molar-refractivity contribution in [3.05, 3.63) is 57.6 Å². The summed E-state index contributed by atoms with van der Waals surface area (Å²) in [5.41, 5.74) is 2.14. The van der Waals surface area contributed by atoms with Crippen LogP contribution in [0, 0.1) is 6.92 Å². The number of anilines is 1. The van der Waals surface area contributed by atoms with Crippen LogP contribution in [0.3, 0.4) is 0 Å². The smallest absolute Gasteiger partial charge is 0.254 e. The fourth-order valence-corrected chi connectivity index (χ4v) is 3.54. The molecule has 0 unspecified atom stereocenters. The third-order valence-electron chi connectivity index (χ3n) is 4.11. The number of nitrogens with zero attached hydrogens (tertiary/aromatic N) is 1. The summed E-state index contributed by atoms with van der Waals surface area (Å²) in [4.78, 5) is 25.9. The molecular weight excluding hydrogens is 375 g/mol. The molecule has 0 spiro atoms. The second-order valence-electron chi connectivity index (χ2n) is 6.08. The number of fused-ring (bicyclic) bond motifs is 1. The summed E-state index contributed by atoms with van der Waals surface area (Å²) in [5, 5.41) is 3.44. The molecule has 2 amide bonds. The van der Waals surface area contributed by atoms with E-state index in [0.29, 0.717) is 21.3 Å². The molecule has 1 N–H and O–H groups in total. The second kappa shape index (κ2) is 7.56. The van der Waals surface area contributed by atoms with Crippen LogP contribution in [0.2, 0.25) is 10.0 Å². The van der Waals surface area contributed by atoms with Gasteiger partial charge in [0, 0.05) is 17.5 Å². The van der Waals surface area contributed by atoms with Gasteiger partial charge < -0.3 is 15.0 Å². The largest absolute Gasteiger partial charge is 0.492 e. The Morgan fingerprint density at radius 2 is 1.96 bits per heavy atom. The Hall–Kier alpha value is -2.24. The molecule has 0 saturated carbocycles. The minimum absolute atomic E-state index is 0.280. The summed E-state index contributed by atoms with van der Waals surface area (Å²) >= 11 is 12.6. The number of carbonyl (C=O) groups excluding carboxylic acids is 2. The van der Waals surface area contributed by atoms with Crippen LogP contribution in [0.1, 0.15) is 24.1 Å². The van der Waals surface area contributed by atoms with Gasteiger partial charge in [0.05, 0.1) is 17.3 Å². The van der Waals surface area contributed by atoms with Crippen LogP contribution < -0.4 is 15.0 Å². The quantitative estimate of drug-likeness (QED) is 0.838. The number of nitrogens with one attached hydrogen (secondary N) is 1. The van der Waals surface area contributed by atoms with Crippen molar-refractivity contribution in [2.45, 2.75) is 19.9 Å². The number of hydrogen-bond acceptors (Lipinski definition) is 3. The van der Waals surface area contributed by atoms with E-state index in [-0.39, 0.29) is 25.0 Å². The Balaban J connectivity index is 1.82. The Morgan fingerprint density at radius 3 is 2.65 bits per heavy atom. The maximum Gasteiger partial charge on any atom is 0.254 e. The number of carbonyl (C=O) groups is 2. The fraction of sp³-hybridized carbons (Fsp3) is 0.263. The molecule has 1 aliphatic rings. The number of ether oxygens (including phenoxy) is 1. The number of rotatable bonds is 5. The molecule has 136 valence electrons. The first-order chi connectivity index (χ1) is 12.4. The predicted octanol–water partition coefficient (Wildman–Crippen LogP) is 3.90. The van der Waals surface area contributed by atoms with Crippen LogP contribution in [0.25, 0.3) is 0 Å². The summed E-state index contributed by atoms with van der Waals surface area (Å²) in [7, 11) is 0. The van der Waals surface area contributed by atoms with Gasteiger partial charge in [-0.15, -0.1) is 0 Å². The van der Waals surface area contributed by atoms with Crippen molar-refractivity contribution in [1.82, 2.24) is 5.32 Å². The van der Waals surface area contributed by atoms with Gasteiger partial charge in [-0.1, -0.05) is 35.3 Å². The molecule has 7 heteroatoms. The van der Waals surface area contributed by atoms with Gasteiger partial charge in [0.1, 0.15) is 18.4 Å². The number of halogens is 2. The van der Waals surface area contributed by atoms with Crippen molar-refractivity contribution in [1.29, 1.82) is 0 Å². The molecule has 0 saturated heterocycles. The van der Waals surface area contributed by atoms with Crippen LogP contribution >= 0.6 is 23.2 Å². The lowest BCUT2D eigenvalue weighted by Crippen LogP contribution is -2.38. The highest BCUT2D eigenvalue weighted by Crippen LogP contribution is 2.44. The van der Waals surface area contributed by atoms with Gasteiger partial charge >= 0.3 is 0 Å². The summed E-state index contributed by atoms with van der Waals surface area (Å²) in [6, 6.07) is 10.1. The van der Waals surface area contributed by atoms with Crippen molar-refractivity contribution in [3.63, 3.8) is 0 Å². The molecule has 1 aliphatic heterocycles. The zero-order chi connectivity index (χ0) is 18.8. The summed E-state index contributed by atoms with van der Waals surface area (Å²) in [6.07, 6.45) is 0. The van der Waals surface area contributed by atoms with E-state index in [1.165, 1.54) is 11.8 Å². The van der Waals surface area contributed by atoms with Gasteiger partial charge in [0.15, 0.2) is 0 Å². The molecule has 3 rings (SSSR count). The van der Waals surface area contributed by atoms with Gasteiger partial charge in [-0.25, -0.2) is 0 Å². The molecule has 0 aliphatic carbocycles.